The number of unbranched alkanes of at least 4 members (excludes halogenated alkanes) is 1. The van der Waals surface area contributed by atoms with Gasteiger partial charge in [-0.15, -0.1) is 0 Å². The normalized spacial score (nSPS) is 10.4. The zero-order chi connectivity index (χ0) is 13.4. The fraction of sp³-hybridized carbons (Fsp3) is 0.692. The highest BCUT2D eigenvalue weighted by atomic mass is 16.3. The number of nitrogens with one attached hydrogen (secondary N) is 1. The Balaban J connectivity index is 2.87. The van der Waals surface area contributed by atoms with Gasteiger partial charge in [-0.3, -0.25) is 0 Å². The standard InChI is InChI=1S/C13H24N4O/c1-4-6-7-17(8-9-18)13-10-12(14-5-2)15-11(3)16-13/h10,18H,4-9H2,1-3H3,(H,14,15,16). The molecule has 5 nitrogen and oxygen atoms in total. The average molecular weight is 252 g/mol. The summed E-state index contributed by atoms with van der Waals surface area (Å²) in [5, 5.41) is 12.3. The maximum Gasteiger partial charge on any atom is 0.134 e. The Kier molecular flexibility index (Phi) is 6.43. The van der Waals surface area contributed by atoms with Crippen molar-refractivity contribution >= 4 is 11.6 Å². The Hall–Kier alpha value is -1.36. The van der Waals surface area contributed by atoms with Crippen molar-refractivity contribution in [1.82, 2.24) is 9.97 Å². The third-order valence-corrected chi connectivity index (χ3v) is 2.66. The van der Waals surface area contributed by atoms with Gasteiger partial charge >= 0.3 is 0 Å². The summed E-state index contributed by atoms with van der Waals surface area (Å²) in [4.78, 5) is 10.9. The molecule has 0 fully saturated rings. The van der Waals surface area contributed by atoms with Crippen molar-refractivity contribution < 1.29 is 5.11 Å². The van der Waals surface area contributed by atoms with E-state index in [0.717, 1.165) is 43.4 Å². The molecule has 0 aromatic carbocycles. The van der Waals surface area contributed by atoms with Crippen molar-refractivity contribution in [2.24, 2.45) is 0 Å². The van der Waals surface area contributed by atoms with Crippen molar-refractivity contribution in [2.45, 2.75) is 33.6 Å². The number of aliphatic hydroxyl groups excluding tert-OH is 1. The highest BCUT2D eigenvalue weighted by Crippen LogP contribution is 2.16. The minimum Gasteiger partial charge on any atom is -0.395 e. The monoisotopic (exact) mass is 252 g/mol. The van der Waals surface area contributed by atoms with Crippen molar-refractivity contribution in [3.8, 4) is 0 Å². The van der Waals surface area contributed by atoms with Gasteiger partial charge in [-0.05, 0) is 20.3 Å². The predicted octanol–water partition coefficient (Wildman–Crippen LogP) is 1.82. The van der Waals surface area contributed by atoms with Gasteiger partial charge in [-0.1, -0.05) is 13.3 Å². The van der Waals surface area contributed by atoms with E-state index >= 15 is 0 Å². The third-order valence-electron chi connectivity index (χ3n) is 2.66. The van der Waals surface area contributed by atoms with E-state index in [1.54, 1.807) is 0 Å². The lowest BCUT2D eigenvalue weighted by Crippen LogP contribution is -2.29. The molecule has 0 unspecified atom stereocenters. The molecule has 0 radical (unpaired) electrons. The third kappa shape index (κ3) is 4.49. The van der Waals surface area contributed by atoms with E-state index in [1.165, 1.54) is 0 Å². The molecule has 1 aromatic heterocycles. The zero-order valence-electron chi connectivity index (χ0n) is 11.6. The molecule has 0 bridgehead atoms. The fourth-order valence-electron chi connectivity index (χ4n) is 1.80. The molecule has 1 aromatic rings. The number of hydrogen-bond donors (Lipinski definition) is 2. The maximum atomic E-state index is 9.14. The van der Waals surface area contributed by atoms with Gasteiger partial charge in [0, 0.05) is 25.7 Å². The van der Waals surface area contributed by atoms with Crippen molar-refractivity contribution in [1.29, 1.82) is 0 Å². The largest absolute Gasteiger partial charge is 0.395 e. The van der Waals surface area contributed by atoms with Gasteiger partial charge in [-0.2, -0.15) is 0 Å². The fourth-order valence-corrected chi connectivity index (χ4v) is 1.80. The number of aliphatic hydroxyl groups is 1. The summed E-state index contributed by atoms with van der Waals surface area (Å²) in [7, 11) is 0. The summed E-state index contributed by atoms with van der Waals surface area (Å²) in [6.45, 7) is 8.60. The second kappa shape index (κ2) is 7.87. The van der Waals surface area contributed by atoms with Crippen LogP contribution in [0.5, 0.6) is 0 Å². The van der Waals surface area contributed by atoms with Gasteiger partial charge < -0.3 is 15.3 Å². The average Bonchev–Trinajstić information content (AvgIpc) is 2.34. The van der Waals surface area contributed by atoms with Crippen LogP contribution < -0.4 is 10.2 Å². The van der Waals surface area contributed by atoms with Crippen molar-refractivity contribution in [2.75, 3.05) is 36.5 Å². The summed E-state index contributed by atoms with van der Waals surface area (Å²) < 4.78 is 0. The SMILES string of the molecule is CCCCN(CCO)c1cc(NCC)nc(C)n1. The summed E-state index contributed by atoms with van der Waals surface area (Å²) >= 11 is 0. The molecular formula is C13H24N4O. The minimum absolute atomic E-state index is 0.142. The Morgan fingerprint density at radius 3 is 2.67 bits per heavy atom. The molecule has 0 aliphatic carbocycles. The lowest BCUT2D eigenvalue weighted by Gasteiger charge is -2.23. The highest BCUT2D eigenvalue weighted by Gasteiger charge is 2.09. The van der Waals surface area contributed by atoms with Crippen LogP contribution in [0.25, 0.3) is 0 Å². The number of aromatic nitrogens is 2. The Morgan fingerprint density at radius 1 is 1.28 bits per heavy atom. The lowest BCUT2D eigenvalue weighted by molar-refractivity contribution is 0.301. The Labute approximate surface area is 109 Å². The Bertz CT molecular complexity index is 357. The summed E-state index contributed by atoms with van der Waals surface area (Å²) in [5.74, 6) is 2.49. The maximum absolute atomic E-state index is 9.14. The molecule has 0 atom stereocenters. The van der Waals surface area contributed by atoms with Gasteiger partial charge in [0.15, 0.2) is 0 Å². The molecular weight excluding hydrogens is 228 g/mol. The van der Waals surface area contributed by atoms with Gasteiger partial charge in [-0.25, -0.2) is 9.97 Å². The van der Waals surface area contributed by atoms with Crippen LogP contribution in [0.3, 0.4) is 0 Å². The molecule has 1 rings (SSSR count). The number of rotatable bonds is 8. The van der Waals surface area contributed by atoms with E-state index in [9.17, 15) is 0 Å². The summed E-state index contributed by atoms with van der Waals surface area (Å²) in [6, 6.07) is 1.95. The van der Waals surface area contributed by atoms with E-state index < -0.39 is 0 Å². The molecule has 0 spiro atoms. The van der Waals surface area contributed by atoms with Gasteiger partial charge in [0.2, 0.25) is 0 Å². The van der Waals surface area contributed by atoms with Crippen LogP contribution in [-0.2, 0) is 0 Å². The first kappa shape index (κ1) is 14.7. The summed E-state index contributed by atoms with van der Waals surface area (Å²) in [6.07, 6.45) is 2.23. The van der Waals surface area contributed by atoms with Crippen LogP contribution in [-0.4, -0.2) is 41.3 Å². The second-order valence-electron chi connectivity index (χ2n) is 4.25. The molecule has 5 heteroatoms. The molecule has 102 valence electrons. The first-order valence-electron chi connectivity index (χ1n) is 6.66. The molecule has 0 aliphatic heterocycles. The van der Waals surface area contributed by atoms with Crippen LogP contribution in [0.2, 0.25) is 0 Å². The molecule has 18 heavy (non-hydrogen) atoms. The molecule has 1 heterocycles. The molecule has 0 amide bonds. The summed E-state index contributed by atoms with van der Waals surface area (Å²) in [5.41, 5.74) is 0. The van der Waals surface area contributed by atoms with Crippen LogP contribution in [0.4, 0.5) is 11.6 Å². The number of anilines is 2. The van der Waals surface area contributed by atoms with Crippen molar-refractivity contribution in [3.63, 3.8) is 0 Å². The van der Waals surface area contributed by atoms with E-state index in [2.05, 4.69) is 27.1 Å². The predicted molar refractivity (Wildman–Crippen MR) is 75.1 cm³/mol. The van der Waals surface area contributed by atoms with E-state index in [-0.39, 0.29) is 6.61 Å². The topological polar surface area (TPSA) is 61.3 Å². The van der Waals surface area contributed by atoms with Crippen LogP contribution in [0, 0.1) is 6.92 Å². The Morgan fingerprint density at radius 2 is 2.06 bits per heavy atom. The smallest absolute Gasteiger partial charge is 0.134 e. The van der Waals surface area contributed by atoms with Gasteiger partial charge in [0.25, 0.3) is 0 Å². The quantitative estimate of drug-likeness (QED) is 0.739. The molecule has 0 aliphatic rings. The number of nitrogens with zero attached hydrogens (tertiary/aromatic N) is 3. The van der Waals surface area contributed by atoms with Crippen molar-refractivity contribution in [3.05, 3.63) is 11.9 Å². The second-order valence-corrected chi connectivity index (χ2v) is 4.25. The zero-order valence-corrected chi connectivity index (χ0v) is 11.6. The molecule has 0 saturated heterocycles. The molecule has 0 saturated carbocycles. The highest BCUT2D eigenvalue weighted by molar-refractivity contribution is 5.49. The van der Waals surface area contributed by atoms with Crippen LogP contribution >= 0.6 is 0 Å². The van der Waals surface area contributed by atoms with Crippen LogP contribution in [0.1, 0.15) is 32.5 Å². The van der Waals surface area contributed by atoms with Crippen LogP contribution in [0.15, 0.2) is 6.07 Å². The first-order chi connectivity index (χ1) is 8.71. The number of aryl methyl sites for hydroxylation is 1. The lowest BCUT2D eigenvalue weighted by atomic mass is 10.3. The van der Waals surface area contributed by atoms with E-state index in [1.807, 2.05) is 19.9 Å². The minimum atomic E-state index is 0.142. The van der Waals surface area contributed by atoms with Gasteiger partial charge in [0.1, 0.15) is 17.5 Å². The first-order valence-corrected chi connectivity index (χ1v) is 6.66. The molecule has 2 N–H and O–H groups in total. The number of hydrogen-bond acceptors (Lipinski definition) is 5. The van der Waals surface area contributed by atoms with Gasteiger partial charge in [0.05, 0.1) is 6.61 Å². The van der Waals surface area contributed by atoms with E-state index in [4.69, 9.17) is 5.11 Å². The van der Waals surface area contributed by atoms with E-state index in [0.29, 0.717) is 6.54 Å².